The van der Waals surface area contributed by atoms with Crippen LogP contribution in [0.2, 0.25) is 0 Å². The molecule has 24 heavy (non-hydrogen) atoms. The van der Waals surface area contributed by atoms with E-state index in [2.05, 4.69) is 5.32 Å². The van der Waals surface area contributed by atoms with Gasteiger partial charge in [0.25, 0.3) is 0 Å². The Bertz CT molecular complexity index is 562. The number of esters is 1. The van der Waals surface area contributed by atoms with E-state index in [4.69, 9.17) is 15.2 Å². The molecule has 7 heteroatoms. The second kappa shape index (κ2) is 9.77. The van der Waals surface area contributed by atoms with Gasteiger partial charge in [-0.3, -0.25) is 9.59 Å². The van der Waals surface area contributed by atoms with Crippen LogP contribution in [-0.2, 0) is 20.7 Å². The van der Waals surface area contributed by atoms with E-state index in [1.54, 1.807) is 12.1 Å². The van der Waals surface area contributed by atoms with Crippen LogP contribution in [-0.4, -0.2) is 43.3 Å². The van der Waals surface area contributed by atoms with E-state index in [1.165, 1.54) is 13.2 Å². The molecular formula is C17H26N2O5. The van der Waals surface area contributed by atoms with Crippen LogP contribution in [0, 0.1) is 5.92 Å². The van der Waals surface area contributed by atoms with E-state index in [1.807, 2.05) is 13.8 Å². The monoisotopic (exact) mass is 338 g/mol. The molecule has 1 rings (SSSR count). The van der Waals surface area contributed by atoms with Crippen molar-refractivity contribution < 1.29 is 24.2 Å². The van der Waals surface area contributed by atoms with Crippen molar-refractivity contribution in [2.75, 3.05) is 20.3 Å². The van der Waals surface area contributed by atoms with Crippen molar-refractivity contribution in [3.05, 3.63) is 23.8 Å². The number of phenols is 1. The average Bonchev–Trinajstić information content (AvgIpc) is 2.58. The Hall–Kier alpha value is -2.28. The van der Waals surface area contributed by atoms with Crippen molar-refractivity contribution >= 4 is 11.9 Å². The molecule has 0 heterocycles. The molecule has 1 amide bonds. The first-order valence-electron chi connectivity index (χ1n) is 7.93. The number of carbonyl (C=O) groups is 2. The number of hydrogen-bond donors (Lipinski definition) is 3. The van der Waals surface area contributed by atoms with Crippen molar-refractivity contribution in [1.29, 1.82) is 0 Å². The number of ether oxygens (including phenoxy) is 2. The Labute approximate surface area is 142 Å². The summed E-state index contributed by atoms with van der Waals surface area (Å²) in [6, 6.07) is 4.07. The minimum Gasteiger partial charge on any atom is -0.504 e. The smallest absolute Gasteiger partial charge is 0.323 e. The predicted octanol–water partition coefficient (Wildman–Crippen LogP) is 0.976. The first kappa shape index (κ1) is 19.8. The molecule has 0 spiro atoms. The van der Waals surface area contributed by atoms with Gasteiger partial charge in [0.15, 0.2) is 11.5 Å². The number of benzene rings is 1. The standard InChI is InChI=1S/C17H26N2O5/c1-4-11(2)16(18)17(22)24-8-7-19-15(21)10-12-5-6-13(20)14(9-12)23-3/h5-6,9,11,16,20H,4,7-8,10,18H2,1-3H3,(H,19,21)/t11?,16-/m0/s1. The molecule has 0 saturated carbocycles. The molecule has 0 saturated heterocycles. The molecule has 2 atom stereocenters. The maximum absolute atomic E-state index is 11.9. The quantitative estimate of drug-likeness (QED) is 0.457. The predicted molar refractivity (Wildman–Crippen MR) is 89.8 cm³/mol. The van der Waals surface area contributed by atoms with Crippen LogP contribution in [0.15, 0.2) is 18.2 Å². The molecule has 4 N–H and O–H groups in total. The molecule has 134 valence electrons. The van der Waals surface area contributed by atoms with Crippen LogP contribution in [0.3, 0.4) is 0 Å². The molecule has 0 radical (unpaired) electrons. The van der Waals surface area contributed by atoms with Crippen molar-refractivity contribution in [2.45, 2.75) is 32.7 Å². The van der Waals surface area contributed by atoms with Gasteiger partial charge in [0, 0.05) is 0 Å². The first-order valence-corrected chi connectivity index (χ1v) is 7.93. The fraction of sp³-hybridized carbons (Fsp3) is 0.529. The van der Waals surface area contributed by atoms with Gasteiger partial charge in [-0.25, -0.2) is 0 Å². The summed E-state index contributed by atoms with van der Waals surface area (Å²) >= 11 is 0. The number of rotatable bonds is 9. The number of nitrogens with two attached hydrogens (primary N) is 1. The number of aromatic hydroxyl groups is 1. The molecule has 0 fully saturated rings. The van der Waals surface area contributed by atoms with Crippen molar-refractivity contribution in [3.8, 4) is 11.5 Å². The van der Waals surface area contributed by atoms with E-state index in [9.17, 15) is 14.7 Å². The van der Waals surface area contributed by atoms with E-state index < -0.39 is 12.0 Å². The highest BCUT2D eigenvalue weighted by atomic mass is 16.5. The molecule has 0 aliphatic heterocycles. The average molecular weight is 338 g/mol. The maximum Gasteiger partial charge on any atom is 0.323 e. The third kappa shape index (κ3) is 6.08. The van der Waals surface area contributed by atoms with E-state index >= 15 is 0 Å². The second-order valence-electron chi connectivity index (χ2n) is 5.61. The number of carbonyl (C=O) groups excluding carboxylic acids is 2. The van der Waals surface area contributed by atoms with Gasteiger partial charge in [-0.1, -0.05) is 26.3 Å². The zero-order valence-electron chi connectivity index (χ0n) is 14.4. The van der Waals surface area contributed by atoms with Crippen LogP contribution in [0.5, 0.6) is 11.5 Å². The number of nitrogens with one attached hydrogen (secondary N) is 1. The molecule has 0 aliphatic carbocycles. The summed E-state index contributed by atoms with van der Waals surface area (Å²) in [7, 11) is 1.44. The molecule has 1 aromatic rings. The number of hydrogen-bond acceptors (Lipinski definition) is 6. The molecule has 7 nitrogen and oxygen atoms in total. The summed E-state index contributed by atoms with van der Waals surface area (Å²) < 4.78 is 10.0. The van der Waals surface area contributed by atoms with Crippen LogP contribution in [0.25, 0.3) is 0 Å². The normalized spacial score (nSPS) is 13.0. The SMILES string of the molecule is CCC(C)[C@H](N)C(=O)OCCNC(=O)Cc1ccc(O)c(OC)c1. The molecule has 0 bridgehead atoms. The van der Waals surface area contributed by atoms with E-state index in [-0.39, 0.29) is 37.1 Å². The largest absolute Gasteiger partial charge is 0.504 e. The summed E-state index contributed by atoms with van der Waals surface area (Å²) in [5, 5.41) is 12.2. The second-order valence-corrected chi connectivity index (χ2v) is 5.61. The Morgan fingerprint density at radius 2 is 2.08 bits per heavy atom. The van der Waals surface area contributed by atoms with Gasteiger partial charge < -0.3 is 25.6 Å². The van der Waals surface area contributed by atoms with Crippen LogP contribution in [0.4, 0.5) is 0 Å². The summed E-state index contributed by atoms with van der Waals surface area (Å²) in [6.45, 7) is 4.14. The summed E-state index contributed by atoms with van der Waals surface area (Å²) in [5.41, 5.74) is 6.47. The van der Waals surface area contributed by atoms with E-state index in [0.29, 0.717) is 11.3 Å². The maximum atomic E-state index is 11.9. The fourth-order valence-corrected chi connectivity index (χ4v) is 2.00. The van der Waals surface area contributed by atoms with Crippen LogP contribution >= 0.6 is 0 Å². The minimum absolute atomic E-state index is 0.0196. The first-order chi connectivity index (χ1) is 11.4. The highest BCUT2D eigenvalue weighted by Crippen LogP contribution is 2.26. The summed E-state index contributed by atoms with van der Waals surface area (Å²) in [5.74, 6) is -0.289. The molecular weight excluding hydrogens is 312 g/mol. The van der Waals surface area contributed by atoms with Gasteiger partial charge in [0.1, 0.15) is 12.6 Å². The van der Waals surface area contributed by atoms with Gasteiger partial charge >= 0.3 is 5.97 Å². The van der Waals surface area contributed by atoms with Crippen LogP contribution < -0.4 is 15.8 Å². The lowest BCUT2D eigenvalue weighted by atomic mass is 10.0. The Morgan fingerprint density at radius 1 is 1.38 bits per heavy atom. The lowest BCUT2D eigenvalue weighted by Gasteiger charge is -2.16. The zero-order valence-corrected chi connectivity index (χ0v) is 14.4. The summed E-state index contributed by atoms with van der Waals surface area (Å²) in [4.78, 5) is 23.5. The lowest BCUT2D eigenvalue weighted by molar-refractivity contribution is -0.146. The third-order valence-electron chi connectivity index (χ3n) is 3.81. The third-order valence-corrected chi connectivity index (χ3v) is 3.81. The van der Waals surface area contributed by atoms with Crippen molar-refractivity contribution in [3.63, 3.8) is 0 Å². The van der Waals surface area contributed by atoms with Crippen molar-refractivity contribution in [1.82, 2.24) is 5.32 Å². The highest BCUT2D eigenvalue weighted by Gasteiger charge is 2.20. The Kier molecular flexibility index (Phi) is 8.05. The van der Waals surface area contributed by atoms with Gasteiger partial charge in [-0.15, -0.1) is 0 Å². The zero-order chi connectivity index (χ0) is 18.1. The van der Waals surface area contributed by atoms with Crippen molar-refractivity contribution in [2.24, 2.45) is 11.7 Å². The number of methoxy groups -OCH3 is 1. The lowest BCUT2D eigenvalue weighted by Crippen LogP contribution is -2.39. The molecule has 1 unspecified atom stereocenters. The number of amides is 1. The van der Waals surface area contributed by atoms with Gasteiger partial charge in [0.05, 0.1) is 20.1 Å². The summed E-state index contributed by atoms with van der Waals surface area (Å²) in [6.07, 6.45) is 0.931. The minimum atomic E-state index is -0.643. The van der Waals surface area contributed by atoms with Crippen LogP contribution in [0.1, 0.15) is 25.8 Å². The van der Waals surface area contributed by atoms with Gasteiger partial charge in [0.2, 0.25) is 5.91 Å². The molecule has 0 aromatic heterocycles. The fourth-order valence-electron chi connectivity index (χ4n) is 2.00. The Balaban J connectivity index is 2.33. The molecule has 1 aromatic carbocycles. The Morgan fingerprint density at radius 3 is 2.71 bits per heavy atom. The van der Waals surface area contributed by atoms with Gasteiger partial charge in [-0.05, 0) is 23.6 Å². The number of phenolic OH excluding ortho intramolecular Hbond substituents is 1. The highest BCUT2D eigenvalue weighted by molar-refractivity contribution is 5.79. The molecule has 0 aliphatic rings. The topological polar surface area (TPSA) is 111 Å². The van der Waals surface area contributed by atoms with E-state index in [0.717, 1.165) is 6.42 Å². The van der Waals surface area contributed by atoms with Gasteiger partial charge in [-0.2, -0.15) is 0 Å².